The second kappa shape index (κ2) is 3.00. The first-order valence-electron chi connectivity index (χ1n) is 3.00. The van der Waals surface area contributed by atoms with E-state index < -0.39 is 17.6 Å². The lowest BCUT2D eigenvalue weighted by Crippen LogP contribution is -2.26. The van der Waals surface area contributed by atoms with E-state index in [1.54, 1.807) is 0 Å². The number of carboxylic acids is 2. The van der Waals surface area contributed by atoms with Gasteiger partial charge < -0.3 is 19.8 Å². The van der Waals surface area contributed by atoms with Gasteiger partial charge in [0.15, 0.2) is 0 Å². The van der Waals surface area contributed by atoms with Gasteiger partial charge in [0.25, 0.3) is 0 Å². The van der Waals surface area contributed by atoms with Crippen LogP contribution in [0.2, 0.25) is 0 Å². The maximum atomic E-state index is 10.2. The number of hydrogen-bond acceptors (Lipinski definition) is 5. The molecule has 0 bridgehead atoms. The SMILES string of the molecule is O=C([O-])c1ccnc(C(=O)[O-])c1. The summed E-state index contributed by atoms with van der Waals surface area (Å²) < 4.78 is 0. The average Bonchev–Trinajstić information content (AvgIpc) is 2.04. The van der Waals surface area contributed by atoms with E-state index in [0.717, 1.165) is 18.3 Å². The highest BCUT2D eigenvalue weighted by atomic mass is 16.4. The Balaban J connectivity index is 3.12. The summed E-state index contributed by atoms with van der Waals surface area (Å²) in [4.78, 5) is 23.8. The largest absolute Gasteiger partial charge is 0.545 e. The number of hydrogen-bond donors (Lipinski definition) is 0. The molecule has 0 aliphatic carbocycles. The van der Waals surface area contributed by atoms with Crippen LogP contribution in [0.3, 0.4) is 0 Å². The monoisotopic (exact) mass is 165 g/mol. The number of nitrogens with zero attached hydrogens (tertiary/aromatic N) is 1. The first kappa shape index (κ1) is 8.19. The van der Waals surface area contributed by atoms with Crippen LogP contribution in [-0.4, -0.2) is 16.9 Å². The molecule has 0 amide bonds. The van der Waals surface area contributed by atoms with Gasteiger partial charge in [0, 0.05) is 11.8 Å². The molecule has 0 N–H and O–H groups in total. The Labute approximate surface area is 67.3 Å². The van der Waals surface area contributed by atoms with Crippen LogP contribution in [0.25, 0.3) is 0 Å². The van der Waals surface area contributed by atoms with Gasteiger partial charge in [0.05, 0.1) is 17.6 Å². The molecule has 0 unspecified atom stereocenters. The van der Waals surface area contributed by atoms with Crippen LogP contribution < -0.4 is 10.2 Å². The first-order chi connectivity index (χ1) is 5.61. The van der Waals surface area contributed by atoms with Crippen molar-refractivity contribution in [2.45, 2.75) is 0 Å². The minimum atomic E-state index is -1.52. The van der Waals surface area contributed by atoms with Gasteiger partial charge in [-0.3, -0.25) is 4.98 Å². The van der Waals surface area contributed by atoms with E-state index in [2.05, 4.69) is 4.98 Å². The second-order valence-corrected chi connectivity index (χ2v) is 2.00. The maximum Gasteiger partial charge on any atom is 0.0900 e. The summed E-state index contributed by atoms with van der Waals surface area (Å²) in [6.45, 7) is 0. The first-order valence-corrected chi connectivity index (χ1v) is 3.00. The van der Waals surface area contributed by atoms with Crippen LogP contribution in [0.15, 0.2) is 18.3 Å². The molecule has 1 rings (SSSR count). The van der Waals surface area contributed by atoms with Crippen LogP contribution in [0.1, 0.15) is 20.8 Å². The Morgan fingerprint density at radius 3 is 2.42 bits per heavy atom. The van der Waals surface area contributed by atoms with Gasteiger partial charge in [-0.15, -0.1) is 0 Å². The third kappa shape index (κ3) is 1.57. The highest BCUT2D eigenvalue weighted by molar-refractivity contribution is 5.90. The van der Waals surface area contributed by atoms with Crippen molar-refractivity contribution in [3.63, 3.8) is 0 Å². The second-order valence-electron chi connectivity index (χ2n) is 2.00. The molecule has 0 aliphatic rings. The fourth-order valence-corrected chi connectivity index (χ4v) is 0.669. The molecule has 0 aliphatic heterocycles. The number of aromatic carboxylic acids is 2. The predicted molar refractivity (Wildman–Crippen MR) is 32.9 cm³/mol. The van der Waals surface area contributed by atoms with Gasteiger partial charge >= 0.3 is 0 Å². The Bertz CT molecular complexity index is 305. The van der Waals surface area contributed by atoms with Crippen molar-refractivity contribution in [3.05, 3.63) is 29.6 Å². The van der Waals surface area contributed by atoms with E-state index in [4.69, 9.17) is 0 Å². The van der Waals surface area contributed by atoms with Crippen molar-refractivity contribution in [1.29, 1.82) is 0 Å². The molecule has 1 heterocycles. The summed E-state index contributed by atoms with van der Waals surface area (Å²) in [7, 11) is 0. The lowest BCUT2D eigenvalue weighted by molar-refractivity contribution is -0.255. The van der Waals surface area contributed by atoms with E-state index in [1.165, 1.54) is 0 Å². The number of carboxylic acid groups (broad SMARTS) is 2. The highest BCUT2D eigenvalue weighted by Gasteiger charge is 1.97. The molecule has 0 saturated heterocycles. The van der Waals surface area contributed by atoms with Crippen LogP contribution in [0, 0.1) is 0 Å². The van der Waals surface area contributed by atoms with E-state index in [0.29, 0.717) is 0 Å². The van der Waals surface area contributed by atoms with Crippen LogP contribution >= 0.6 is 0 Å². The molecule has 0 radical (unpaired) electrons. The zero-order valence-corrected chi connectivity index (χ0v) is 5.81. The predicted octanol–water partition coefficient (Wildman–Crippen LogP) is -2.19. The van der Waals surface area contributed by atoms with Crippen molar-refractivity contribution in [2.75, 3.05) is 0 Å². The lowest BCUT2D eigenvalue weighted by Gasteiger charge is -2.04. The number of carbonyl (C=O) groups is 2. The molecule has 0 fully saturated rings. The average molecular weight is 165 g/mol. The number of carbonyl (C=O) groups excluding carboxylic acids is 2. The fraction of sp³-hybridized carbons (Fsp3) is 0. The standard InChI is InChI=1S/C7H5NO4/c9-6(10)4-1-2-8-5(3-4)7(11)12/h1-3H,(H,9,10)(H,11,12)/p-2. The lowest BCUT2D eigenvalue weighted by atomic mass is 10.2. The van der Waals surface area contributed by atoms with Crippen LogP contribution in [0.4, 0.5) is 0 Å². The molecule has 0 aromatic carbocycles. The van der Waals surface area contributed by atoms with E-state index in [-0.39, 0.29) is 5.56 Å². The minimum Gasteiger partial charge on any atom is -0.545 e. The smallest absolute Gasteiger partial charge is 0.0900 e. The molecule has 5 heteroatoms. The topological polar surface area (TPSA) is 93.2 Å². The van der Waals surface area contributed by atoms with Crippen LogP contribution in [-0.2, 0) is 0 Å². The fourth-order valence-electron chi connectivity index (χ4n) is 0.669. The molecule has 1 aromatic rings. The summed E-state index contributed by atoms with van der Waals surface area (Å²) in [6.07, 6.45) is 1.07. The highest BCUT2D eigenvalue weighted by Crippen LogP contribution is 1.98. The molecule has 12 heavy (non-hydrogen) atoms. The molecule has 0 saturated carbocycles. The van der Waals surface area contributed by atoms with Crippen molar-refractivity contribution in [1.82, 2.24) is 4.98 Å². The molecule has 0 atom stereocenters. The molecule has 62 valence electrons. The van der Waals surface area contributed by atoms with Gasteiger partial charge in [-0.05, 0) is 12.1 Å². The van der Waals surface area contributed by atoms with Gasteiger partial charge in [-0.25, -0.2) is 0 Å². The van der Waals surface area contributed by atoms with E-state index in [1.807, 2.05) is 0 Å². The van der Waals surface area contributed by atoms with Crippen LogP contribution in [0.5, 0.6) is 0 Å². The number of rotatable bonds is 2. The third-order valence-electron chi connectivity index (χ3n) is 1.20. The van der Waals surface area contributed by atoms with Crippen molar-refractivity contribution < 1.29 is 19.8 Å². The maximum absolute atomic E-state index is 10.2. The molecule has 0 spiro atoms. The number of pyridine rings is 1. The molecular formula is C7H3NO4-2. The number of aromatic nitrogens is 1. The minimum absolute atomic E-state index is 0.232. The summed E-state index contributed by atoms with van der Waals surface area (Å²) >= 11 is 0. The molecular weight excluding hydrogens is 162 g/mol. The van der Waals surface area contributed by atoms with Gasteiger partial charge in [-0.1, -0.05) is 0 Å². The van der Waals surface area contributed by atoms with Crippen molar-refractivity contribution in [3.8, 4) is 0 Å². The normalized spacial score (nSPS) is 9.33. The third-order valence-corrected chi connectivity index (χ3v) is 1.20. The summed E-state index contributed by atoms with van der Waals surface area (Å²) in [5, 5.41) is 20.4. The van der Waals surface area contributed by atoms with E-state index >= 15 is 0 Å². The van der Waals surface area contributed by atoms with Gasteiger partial charge in [0.2, 0.25) is 0 Å². The summed E-state index contributed by atoms with van der Waals surface area (Å²) in [5.74, 6) is -2.96. The molecule has 5 nitrogen and oxygen atoms in total. The summed E-state index contributed by atoms with van der Waals surface area (Å²) in [5.41, 5.74) is -0.652. The summed E-state index contributed by atoms with van der Waals surface area (Å²) in [6, 6.07) is 2.02. The van der Waals surface area contributed by atoms with Crippen molar-refractivity contribution in [2.24, 2.45) is 0 Å². The Morgan fingerprint density at radius 1 is 1.25 bits per heavy atom. The Hall–Kier alpha value is -1.91. The van der Waals surface area contributed by atoms with Crippen molar-refractivity contribution >= 4 is 11.9 Å². The van der Waals surface area contributed by atoms with E-state index in [9.17, 15) is 19.8 Å². The van der Waals surface area contributed by atoms with Gasteiger partial charge in [0.1, 0.15) is 0 Å². The quantitative estimate of drug-likeness (QED) is 0.496. The zero-order chi connectivity index (χ0) is 9.14. The zero-order valence-electron chi connectivity index (χ0n) is 5.81. The molecule has 1 aromatic heterocycles. The van der Waals surface area contributed by atoms with Gasteiger partial charge in [-0.2, -0.15) is 0 Å². The Morgan fingerprint density at radius 2 is 1.92 bits per heavy atom. The Kier molecular flexibility index (Phi) is 2.05.